The van der Waals surface area contributed by atoms with E-state index in [4.69, 9.17) is 23.3 Å². The monoisotopic (exact) mass is 455 g/mol. The van der Waals surface area contributed by atoms with Gasteiger partial charge in [-0.2, -0.15) is 0 Å². The molecule has 0 spiro atoms. The Hall–Kier alpha value is -2.68. The van der Waals surface area contributed by atoms with Crippen molar-refractivity contribution in [1.82, 2.24) is 0 Å². The average molecular weight is 455 g/mol. The molecule has 0 saturated carbocycles. The van der Waals surface area contributed by atoms with Crippen molar-refractivity contribution in [2.45, 2.75) is 0 Å². The van der Waals surface area contributed by atoms with Crippen molar-refractivity contribution in [3.05, 3.63) is 124 Å². The molecule has 0 radical (unpaired) electrons. The number of rotatable bonds is 3. The Morgan fingerprint density at radius 3 is 0.700 bits per heavy atom. The van der Waals surface area contributed by atoms with Crippen molar-refractivity contribution in [2.24, 2.45) is 0 Å². The molecule has 0 aliphatic carbocycles. The zero-order valence-corrected chi connectivity index (χ0v) is 17.9. The van der Waals surface area contributed by atoms with Crippen LogP contribution in [0.5, 0.6) is 0 Å². The van der Waals surface area contributed by atoms with Crippen LogP contribution in [0.4, 0.5) is 0 Å². The molecule has 5 nitrogen and oxygen atoms in total. The molecule has 0 bridgehead atoms. The molecule has 0 atom stereocenters. The zero-order chi connectivity index (χ0) is 22.9. The van der Waals surface area contributed by atoms with Gasteiger partial charge < -0.3 is 0 Å². The summed E-state index contributed by atoms with van der Waals surface area (Å²) in [6.07, 6.45) is 0. The molecule has 3 aromatic rings. The molecule has 30 heavy (non-hydrogen) atoms. The van der Waals surface area contributed by atoms with E-state index < -0.39 is 7.92 Å². The molecule has 148 valence electrons. The van der Waals surface area contributed by atoms with Gasteiger partial charge >= 0.3 is 56.5 Å². The van der Waals surface area contributed by atoms with Crippen LogP contribution in [-0.4, -0.2) is 0 Å². The molecule has 0 aromatic heterocycles. The van der Waals surface area contributed by atoms with Crippen molar-refractivity contribution in [3.63, 3.8) is 0 Å². The standard InChI is InChI=1S/C18H15P.5CO.Cr/c1-4-10-16(11-5-1)19(17-12-6-2-7-13-17)18-14-8-3-9-15-18;5*1-2;/h1-15H;;;;;;/p+1. The SMILES string of the molecule is [C-]#[O+].[C-]#[O+].[C-]#[O+].[C-]#[O+].[C-]#[O+].[Cr].c1ccc([PH+](c2ccccc2)c2ccccc2)cc1. The molecule has 0 saturated heterocycles. The molecule has 7 heteroatoms. The van der Waals surface area contributed by atoms with Gasteiger partial charge in [-0.3, -0.25) is 0 Å². The normalized spacial score (nSPS) is 7.03. The van der Waals surface area contributed by atoms with Crippen LogP contribution in [-0.2, 0) is 40.6 Å². The van der Waals surface area contributed by atoms with Gasteiger partial charge in [0.05, 0.1) is 7.92 Å². The Morgan fingerprint density at radius 1 is 0.367 bits per heavy atom. The van der Waals surface area contributed by atoms with Gasteiger partial charge in [0.25, 0.3) is 0 Å². The van der Waals surface area contributed by atoms with Crippen LogP contribution in [0.25, 0.3) is 0 Å². The Bertz CT molecular complexity index is 716. The van der Waals surface area contributed by atoms with E-state index in [2.05, 4.69) is 124 Å². The van der Waals surface area contributed by atoms with Gasteiger partial charge in [0, 0.05) is 17.4 Å². The summed E-state index contributed by atoms with van der Waals surface area (Å²) in [7, 11) is -0.877. The van der Waals surface area contributed by atoms with Crippen LogP contribution in [0.2, 0.25) is 0 Å². The van der Waals surface area contributed by atoms with Gasteiger partial charge in [0.1, 0.15) is 15.9 Å². The fourth-order valence-corrected chi connectivity index (χ4v) is 4.89. The topological polar surface area (TPSA) is 99.5 Å². The van der Waals surface area contributed by atoms with Gasteiger partial charge in [0.15, 0.2) is 0 Å². The average Bonchev–Trinajstić information content (AvgIpc) is 2.88. The van der Waals surface area contributed by atoms with E-state index in [1.165, 1.54) is 15.9 Å². The van der Waals surface area contributed by atoms with E-state index in [0.29, 0.717) is 0 Å². The van der Waals surface area contributed by atoms with Crippen molar-refractivity contribution >= 4 is 23.8 Å². The van der Waals surface area contributed by atoms with E-state index in [1.54, 1.807) is 0 Å². The molecule has 0 heterocycles. The quantitative estimate of drug-likeness (QED) is 0.330. The second kappa shape index (κ2) is 28.5. The summed E-state index contributed by atoms with van der Waals surface area (Å²) in [6.45, 7) is 22.5. The maximum atomic E-state index is 7.50. The largest absolute Gasteiger partial charge is 0.102 e. The molecule has 0 amide bonds. The van der Waals surface area contributed by atoms with Gasteiger partial charge in [-0.25, -0.2) is 0 Å². The second-order valence-corrected chi connectivity index (χ2v) is 6.96. The van der Waals surface area contributed by atoms with Crippen LogP contribution < -0.4 is 15.9 Å². The Labute approximate surface area is 188 Å². The third-order valence-electron chi connectivity index (χ3n) is 3.19. The summed E-state index contributed by atoms with van der Waals surface area (Å²) < 4.78 is 37.5. The van der Waals surface area contributed by atoms with E-state index in [0.717, 1.165) is 0 Å². The minimum atomic E-state index is -0.877. The van der Waals surface area contributed by atoms with E-state index in [1.807, 2.05) is 0 Å². The minimum Gasteiger partial charge on any atom is -0.0620 e. The van der Waals surface area contributed by atoms with E-state index in [-0.39, 0.29) is 17.4 Å². The Balaban J connectivity index is -0.000000271. The fourth-order valence-electron chi connectivity index (χ4n) is 2.31. The summed E-state index contributed by atoms with van der Waals surface area (Å²) >= 11 is 0. The van der Waals surface area contributed by atoms with Crippen LogP contribution >= 0.6 is 7.92 Å². The van der Waals surface area contributed by atoms with E-state index >= 15 is 0 Å². The number of benzene rings is 3. The summed E-state index contributed by atoms with van der Waals surface area (Å²) in [5.41, 5.74) is 0. The summed E-state index contributed by atoms with van der Waals surface area (Å²) in [4.78, 5) is 0. The molecule has 0 aliphatic heterocycles. The number of hydrogen-bond acceptors (Lipinski definition) is 0. The molecule has 0 N–H and O–H groups in total. The predicted molar refractivity (Wildman–Crippen MR) is 106 cm³/mol. The summed E-state index contributed by atoms with van der Waals surface area (Å²) in [5, 5.41) is 4.31. The van der Waals surface area contributed by atoms with Gasteiger partial charge in [0.2, 0.25) is 0 Å². The predicted octanol–water partition coefficient (Wildman–Crippen LogP) is 2.99. The third-order valence-corrected chi connectivity index (χ3v) is 5.92. The Morgan fingerprint density at radius 2 is 0.533 bits per heavy atom. The fraction of sp³-hybridized carbons (Fsp3) is 0. The third kappa shape index (κ3) is 13.5. The molecule has 0 fully saturated rings. The summed E-state index contributed by atoms with van der Waals surface area (Å²) in [6, 6.07) is 32.5. The molecular weight excluding hydrogens is 439 g/mol. The molecule has 3 rings (SSSR count). The first-order chi connectivity index (χ1) is 14.4. The van der Waals surface area contributed by atoms with Gasteiger partial charge in [-0.1, -0.05) is 54.6 Å². The van der Waals surface area contributed by atoms with Crippen LogP contribution in [0.15, 0.2) is 91.0 Å². The molecular formula is C23H16CrO5P+. The molecule has 0 unspecified atom stereocenters. The maximum absolute atomic E-state index is 7.50. The maximum Gasteiger partial charge on any atom is 0.102 e. The van der Waals surface area contributed by atoms with Gasteiger partial charge in [-0.15, -0.1) is 0 Å². The minimum absolute atomic E-state index is 0. The van der Waals surface area contributed by atoms with Crippen molar-refractivity contribution in [1.29, 1.82) is 0 Å². The van der Waals surface area contributed by atoms with Gasteiger partial charge in [-0.05, 0) is 36.4 Å². The molecule has 0 aliphatic rings. The smallest absolute Gasteiger partial charge is 0.0620 e. The first kappa shape index (κ1) is 34.8. The van der Waals surface area contributed by atoms with Crippen molar-refractivity contribution in [3.8, 4) is 0 Å². The first-order valence-electron chi connectivity index (χ1n) is 7.50. The van der Waals surface area contributed by atoms with Crippen LogP contribution in [0.3, 0.4) is 0 Å². The second-order valence-electron chi connectivity index (χ2n) is 4.47. The zero-order valence-electron chi connectivity index (χ0n) is 15.6. The number of hydrogen-bond donors (Lipinski definition) is 0. The van der Waals surface area contributed by atoms with Crippen LogP contribution in [0.1, 0.15) is 0 Å². The first-order valence-corrected chi connectivity index (χ1v) is 9.00. The Kier molecular flexibility index (Phi) is 33.1. The van der Waals surface area contributed by atoms with E-state index in [9.17, 15) is 0 Å². The summed E-state index contributed by atoms with van der Waals surface area (Å²) in [5.74, 6) is 0. The van der Waals surface area contributed by atoms with Crippen molar-refractivity contribution < 1.29 is 40.6 Å². The molecule has 3 aromatic carbocycles. The van der Waals surface area contributed by atoms with Crippen LogP contribution in [0, 0.1) is 33.3 Å². The van der Waals surface area contributed by atoms with Crippen molar-refractivity contribution in [2.75, 3.05) is 0 Å².